The van der Waals surface area contributed by atoms with Crippen molar-refractivity contribution in [2.45, 2.75) is 78.4 Å². The summed E-state index contributed by atoms with van der Waals surface area (Å²) in [7, 11) is 5.91. The normalized spacial score (nSPS) is 20.0. The second-order valence-electron chi connectivity index (χ2n) is 13.5. The highest BCUT2D eigenvalue weighted by atomic mass is 35.5. The number of nitrogens with zero attached hydrogens (tertiary/aromatic N) is 3. The van der Waals surface area contributed by atoms with Gasteiger partial charge in [-0.15, -0.1) is 0 Å². The van der Waals surface area contributed by atoms with E-state index in [1.807, 2.05) is 44.9 Å². The van der Waals surface area contributed by atoms with Crippen LogP contribution in [0.3, 0.4) is 0 Å². The predicted octanol–water partition coefficient (Wildman–Crippen LogP) is 0.331. The number of rotatable bonds is 10. The van der Waals surface area contributed by atoms with Crippen molar-refractivity contribution in [3.8, 4) is 5.69 Å². The first kappa shape index (κ1) is 33.3. The van der Waals surface area contributed by atoms with Crippen molar-refractivity contribution in [2.75, 3.05) is 27.7 Å². The van der Waals surface area contributed by atoms with Gasteiger partial charge in [0.05, 0.1) is 50.2 Å². The molecule has 1 aromatic carbocycles. The van der Waals surface area contributed by atoms with E-state index in [1.165, 1.54) is 6.92 Å². The van der Waals surface area contributed by atoms with Gasteiger partial charge in [-0.3, -0.25) is 19.2 Å². The summed E-state index contributed by atoms with van der Waals surface area (Å²) in [6.45, 7) is 7.86. The van der Waals surface area contributed by atoms with E-state index in [2.05, 4.69) is 13.8 Å². The number of hydrogen-bond acceptors (Lipinski definition) is 7. The van der Waals surface area contributed by atoms with Gasteiger partial charge in [-0.1, -0.05) is 13.8 Å². The molecule has 1 saturated carbocycles. The Morgan fingerprint density at radius 1 is 1.17 bits per heavy atom. The van der Waals surface area contributed by atoms with Crippen LogP contribution in [0, 0.1) is 18.3 Å². The molecule has 11 heteroatoms. The number of ketones is 1. The van der Waals surface area contributed by atoms with Crippen LogP contribution in [0.1, 0.15) is 84.1 Å². The molecule has 0 aliphatic heterocycles. The number of benzene rings is 1. The average molecular weight is 603 g/mol. The van der Waals surface area contributed by atoms with Crippen molar-refractivity contribution in [3.63, 3.8) is 0 Å². The minimum atomic E-state index is -0.547. The maximum absolute atomic E-state index is 12.9. The molecule has 10 nitrogen and oxygen atoms in total. The predicted molar refractivity (Wildman–Crippen MR) is 153 cm³/mol. The van der Waals surface area contributed by atoms with Crippen LogP contribution < -0.4 is 18.1 Å². The van der Waals surface area contributed by atoms with E-state index < -0.39 is 18.0 Å². The number of nitrogens with two attached hydrogens (primary N) is 1. The molecule has 2 aromatic rings. The maximum Gasteiger partial charge on any atom is 0.310 e. The van der Waals surface area contributed by atoms with Gasteiger partial charge in [0.1, 0.15) is 12.6 Å². The summed E-state index contributed by atoms with van der Waals surface area (Å²) in [6, 6.07) is 5.49. The van der Waals surface area contributed by atoms with Crippen molar-refractivity contribution in [3.05, 3.63) is 46.3 Å². The van der Waals surface area contributed by atoms with E-state index in [-0.39, 0.29) is 48.0 Å². The van der Waals surface area contributed by atoms with Crippen LogP contribution in [0.5, 0.6) is 0 Å². The molecule has 0 bridgehead atoms. The van der Waals surface area contributed by atoms with Crippen LogP contribution in [-0.2, 0) is 31.9 Å². The van der Waals surface area contributed by atoms with Crippen molar-refractivity contribution in [1.82, 2.24) is 9.78 Å². The Bertz CT molecular complexity index is 1370. The number of fused-ring (bicyclic) bond motifs is 1. The number of carbonyl (C=O) groups is 4. The number of quaternary nitrogens is 1. The molecular weight excluding hydrogens is 560 g/mol. The number of Topliss-reactive ketones (excluding diaryl/α,β-unsaturated/α-hetero) is 1. The van der Waals surface area contributed by atoms with Gasteiger partial charge in [0.2, 0.25) is 5.91 Å². The fourth-order valence-electron chi connectivity index (χ4n) is 6.13. The summed E-state index contributed by atoms with van der Waals surface area (Å²) in [6.07, 6.45) is 2.40. The summed E-state index contributed by atoms with van der Waals surface area (Å²) < 4.78 is 13.4. The van der Waals surface area contributed by atoms with Crippen molar-refractivity contribution < 1.29 is 45.5 Å². The number of hydrogen-bond donors (Lipinski definition) is 1. The van der Waals surface area contributed by atoms with Crippen LogP contribution in [0.25, 0.3) is 5.69 Å². The van der Waals surface area contributed by atoms with Crippen LogP contribution in [0.4, 0.5) is 0 Å². The SMILES string of the molecule is CC(=O)OC(CC(=O)OC1CC(Cc2cc(-n3nc(C)c4c3CC(C)(C)CC4=O)ccc2C(N)=O)C1)C[N+](C)(C)C.[Cl-]. The second kappa shape index (κ2) is 12.6. The van der Waals surface area contributed by atoms with E-state index in [0.717, 1.165) is 23.4 Å². The summed E-state index contributed by atoms with van der Waals surface area (Å²) in [5.41, 5.74) is 9.91. The maximum atomic E-state index is 12.9. The molecule has 2 aliphatic rings. The zero-order chi connectivity index (χ0) is 30.3. The number of esters is 2. The third kappa shape index (κ3) is 7.98. The van der Waals surface area contributed by atoms with Gasteiger partial charge in [-0.05, 0) is 67.7 Å². The lowest BCUT2D eigenvalue weighted by Crippen LogP contribution is -3.00. The molecule has 0 saturated heterocycles. The number of amides is 1. The first-order valence-electron chi connectivity index (χ1n) is 14.2. The number of carbonyl (C=O) groups excluding carboxylic acids is 4. The summed E-state index contributed by atoms with van der Waals surface area (Å²) in [5.74, 6) is -0.985. The van der Waals surface area contributed by atoms with Crippen LogP contribution in [0.2, 0.25) is 0 Å². The smallest absolute Gasteiger partial charge is 0.310 e. The standard InChI is InChI=1S/C31H42N4O6.ClH/c1-18-29-26(15-31(3,4)16-27(29)37)34(33-18)22-8-9-25(30(32)39)21(13-22)10-20-11-23(12-20)41-28(38)14-24(40-19(2)36)17-35(5,6)7;/h8-9,13,20,23-24H,10-12,14-17H2,1-7H3,(H-,32,39);1H. The Morgan fingerprint density at radius 3 is 2.43 bits per heavy atom. The highest BCUT2D eigenvalue weighted by molar-refractivity contribution is 6.00. The molecule has 1 amide bonds. The molecule has 1 unspecified atom stereocenters. The Morgan fingerprint density at radius 2 is 1.83 bits per heavy atom. The van der Waals surface area contributed by atoms with Gasteiger partial charge in [0.15, 0.2) is 11.9 Å². The monoisotopic (exact) mass is 602 g/mol. The molecule has 2 aliphatic carbocycles. The molecule has 0 spiro atoms. The lowest BCUT2D eigenvalue weighted by Gasteiger charge is -2.35. The lowest BCUT2D eigenvalue weighted by molar-refractivity contribution is -0.873. The Balaban J connectivity index is 0.00000484. The Hall–Kier alpha value is -3.24. The fourth-order valence-corrected chi connectivity index (χ4v) is 6.13. The zero-order valence-corrected chi connectivity index (χ0v) is 26.4. The highest BCUT2D eigenvalue weighted by Crippen LogP contribution is 2.38. The molecule has 1 fully saturated rings. The third-order valence-electron chi connectivity index (χ3n) is 7.80. The van der Waals surface area contributed by atoms with Gasteiger partial charge < -0.3 is 32.1 Å². The summed E-state index contributed by atoms with van der Waals surface area (Å²) in [4.78, 5) is 49.2. The topological polar surface area (TPSA) is 131 Å². The van der Waals surface area contributed by atoms with Crippen molar-refractivity contribution >= 4 is 23.6 Å². The van der Waals surface area contributed by atoms with E-state index in [1.54, 1.807) is 6.07 Å². The van der Waals surface area contributed by atoms with Crippen LogP contribution >= 0.6 is 0 Å². The summed E-state index contributed by atoms with van der Waals surface area (Å²) >= 11 is 0. The molecule has 42 heavy (non-hydrogen) atoms. The lowest BCUT2D eigenvalue weighted by atomic mass is 9.75. The molecule has 0 radical (unpaired) electrons. The van der Waals surface area contributed by atoms with E-state index in [0.29, 0.717) is 53.5 Å². The third-order valence-corrected chi connectivity index (χ3v) is 7.80. The Labute approximate surface area is 253 Å². The molecule has 1 atom stereocenters. The largest absolute Gasteiger partial charge is 1.00 e. The van der Waals surface area contributed by atoms with Crippen molar-refractivity contribution in [1.29, 1.82) is 0 Å². The number of aryl methyl sites for hydroxylation is 1. The molecular formula is C31H43ClN4O6. The van der Waals surface area contributed by atoms with Crippen LogP contribution in [0.15, 0.2) is 18.2 Å². The quantitative estimate of drug-likeness (QED) is 0.306. The van der Waals surface area contributed by atoms with Gasteiger partial charge in [0, 0.05) is 18.9 Å². The Kier molecular flexibility index (Phi) is 9.94. The molecule has 1 heterocycles. The van der Waals surface area contributed by atoms with E-state index in [4.69, 9.17) is 20.3 Å². The molecule has 2 N–H and O–H groups in total. The minimum absolute atomic E-state index is 0. The average Bonchev–Trinajstić information content (AvgIpc) is 3.10. The molecule has 230 valence electrons. The summed E-state index contributed by atoms with van der Waals surface area (Å²) in [5, 5.41) is 4.71. The van der Waals surface area contributed by atoms with Gasteiger partial charge in [-0.25, -0.2) is 4.68 Å². The number of aromatic nitrogens is 2. The fraction of sp³-hybridized carbons (Fsp3) is 0.581. The number of likely N-dealkylation sites (N-methyl/N-ethyl adjacent to an activating group) is 1. The second-order valence-corrected chi connectivity index (χ2v) is 13.5. The van der Waals surface area contributed by atoms with Gasteiger partial charge in [0.25, 0.3) is 0 Å². The first-order chi connectivity index (χ1) is 19.0. The first-order valence-corrected chi connectivity index (χ1v) is 14.2. The minimum Gasteiger partial charge on any atom is -1.00 e. The molecule has 1 aromatic heterocycles. The van der Waals surface area contributed by atoms with Gasteiger partial charge >= 0.3 is 11.9 Å². The van der Waals surface area contributed by atoms with E-state index >= 15 is 0 Å². The zero-order valence-electron chi connectivity index (χ0n) is 25.7. The molecule has 4 rings (SSSR count). The van der Waals surface area contributed by atoms with Crippen LogP contribution in [-0.4, -0.2) is 77.8 Å². The van der Waals surface area contributed by atoms with Crippen molar-refractivity contribution in [2.24, 2.45) is 17.1 Å². The number of primary amides is 1. The van der Waals surface area contributed by atoms with E-state index in [9.17, 15) is 19.2 Å². The number of ether oxygens (including phenoxy) is 2. The van der Waals surface area contributed by atoms with Gasteiger partial charge in [-0.2, -0.15) is 5.10 Å². The number of halogens is 1. The highest BCUT2D eigenvalue weighted by Gasteiger charge is 2.37.